The molecule has 0 saturated carbocycles. The number of rotatable bonds is 4. The van der Waals surface area contributed by atoms with Crippen LogP contribution in [0.3, 0.4) is 0 Å². The first-order valence-corrected chi connectivity index (χ1v) is 7.06. The number of ketones is 1. The van der Waals surface area contributed by atoms with E-state index >= 15 is 0 Å². The lowest BCUT2D eigenvalue weighted by molar-refractivity contribution is -0.114. The maximum absolute atomic E-state index is 12.5. The smallest absolute Gasteiger partial charge is 0.221 e. The Hall–Kier alpha value is -2.14. The van der Waals surface area contributed by atoms with E-state index in [1.807, 2.05) is 0 Å². The van der Waals surface area contributed by atoms with Crippen molar-refractivity contribution in [3.05, 3.63) is 58.1 Å². The van der Waals surface area contributed by atoms with E-state index in [0.717, 1.165) is 4.47 Å². The minimum Gasteiger partial charge on any atom is -0.496 e. The van der Waals surface area contributed by atoms with Crippen LogP contribution in [0.5, 0.6) is 5.75 Å². The van der Waals surface area contributed by atoms with Crippen molar-refractivity contribution in [1.82, 2.24) is 0 Å². The second-order valence-electron chi connectivity index (χ2n) is 4.43. The highest BCUT2D eigenvalue weighted by Crippen LogP contribution is 2.26. The van der Waals surface area contributed by atoms with Crippen LogP contribution < -0.4 is 10.1 Å². The van der Waals surface area contributed by atoms with Gasteiger partial charge in [0.25, 0.3) is 0 Å². The molecule has 0 aliphatic carbocycles. The molecule has 2 aromatic rings. The standard InChI is InChI=1S/C16H14BrNO3/c1-10(19)18-13-6-3-11(4-7-13)16(20)14-8-5-12(17)9-15(14)21-2/h3-9H,1-2H3,(H,18,19). The van der Waals surface area contributed by atoms with Gasteiger partial charge in [0.05, 0.1) is 12.7 Å². The van der Waals surface area contributed by atoms with E-state index in [9.17, 15) is 9.59 Å². The fraction of sp³-hybridized carbons (Fsp3) is 0.125. The number of benzene rings is 2. The maximum Gasteiger partial charge on any atom is 0.221 e. The number of methoxy groups -OCH3 is 1. The molecule has 4 nitrogen and oxygen atoms in total. The molecular formula is C16H14BrNO3. The molecule has 5 heteroatoms. The van der Waals surface area contributed by atoms with Crippen LogP contribution in [0.1, 0.15) is 22.8 Å². The van der Waals surface area contributed by atoms with Crippen LogP contribution in [0.25, 0.3) is 0 Å². The van der Waals surface area contributed by atoms with Crippen molar-refractivity contribution in [2.24, 2.45) is 0 Å². The lowest BCUT2D eigenvalue weighted by Crippen LogP contribution is -2.07. The summed E-state index contributed by atoms with van der Waals surface area (Å²) in [7, 11) is 1.53. The van der Waals surface area contributed by atoms with Gasteiger partial charge in [0.1, 0.15) is 5.75 Å². The quantitative estimate of drug-likeness (QED) is 0.859. The molecule has 2 rings (SSSR count). The number of hydrogen-bond donors (Lipinski definition) is 1. The number of anilines is 1. The van der Waals surface area contributed by atoms with Gasteiger partial charge in [-0.15, -0.1) is 0 Å². The van der Waals surface area contributed by atoms with Crippen molar-refractivity contribution in [3.8, 4) is 5.75 Å². The zero-order chi connectivity index (χ0) is 15.4. The number of ether oxygens (including phenoxy) is 1. The first-order valence-electron chi connectivity index (χ1n) is 6.27. The second kappa shape index (κ2) is 6.54. The molecule has 0 fully saturated rings. The van der Waals surface area contributed by atoms with Gasteiger partial charge >= 0.3 is 0 Å². The summed E-state index contributed by atoms with van der Waals surface area (Å²) in [5, 5.41) is 2.66. The molecule has 0 unspecified atom stereocenters. The van der Waals surface area contributed by atoms with E-state index < -0.39 is 0 Å². The molecule has 0 spiro atoms. The van der Waals surface area contributed by atoms with Gasteiger partial charge in [0, 0.05) is 22.6 Å². The lowest BCUT2D eigenvalue weighted by atomic mass is 10.0. The number of nitrogens with one attached hydrogen (secondary N) is 1. The molecule has 0 bridgehead atoms. The zero-order valence-electron chi connectivity index (χ0n) is 11.6. The first-order chi connectivity index (χ1) is 10.0. The van der Waals surface area contributed by atoms with Crippen molar-refractivity contribution in [1.29, 1.82) is 0 Å². The summed E-state index contributed by atoms with van der Waals surface area (Å²) in [6.45, 7) is 1.44. The maximum atomic E-state index is 12.5. The highest BCUT2D eigenvalue weighted by atomic mass is 79.9. The minimum atomic E-state index is -0.149. The Labute approximate surface area is 131 Å². The topological polar surface area (TPSA) is 55.4 Å². The zero-order valence-corrected chi connectivity index (χ0v) is 13.2. The highest BCUT2D eigenvalue weighted by Gasteiger charge is 2.14. The summed E-state index contributed by atoms with van der Waals surface area (Å²) >= 11 is 3.34. The molecule has 0 heterocycles. The van der Waals surface area contributed by atoms with Gasteiger partial charge in [0.2, 0.25) is 5.91 Å². The van der Waals surface area contributed by atoms with E-state index in [1.54, 1.807) is 42.5 Å². The minimum absolute atomic E-state index is 0.131. The first kappa shape index (κ1) is 15.3. The van der Waals surface area contributed by atoms with Gasteiger partial charge in [-0.05, 0) is 42.5 Å². The Kier molecular flexibility index (Phi) is 4.75. The summed E-state index contributed by atoms with van der Waals surface area (Å²) in [6.07, 6.45) is 0. The van der Waals surface area contributed by atoms with Gasteiger partial charge in [-0.2, -0.15) is 0 Å². The molecule has 0 saturated heterocycles. The average Bonchev–Trinajstić information content (AvgIpc) is 2.46. The molecule has 108 valence electrons. The van der Waals surface area contributed by atoms with Crippen molar-refractivity contribution in [3.63, 3.8) is 0 Å². The third-order valence-electron chi connectivity index (χ3n) is 2.88. The van der Waals surface area contributed by atoms with Gasteiger partial charge in [0.15, 0.2) is 5.78 Å². The van der Waals surface area contributed by atoms with Crippen LogP contribution in [-0.4, -0.2) is 18.8 Å². The molecular weight excluding hydrogens is 334 g/mol. The van der Waals surface area contributed by atoms with Crippen LogP contribution in [0.2, 0.25) is 0 Å². The predicted molar refractivity (Wildman–Crippen MR) is 84.9 cm³/mol. The van der Waals surface area contributed by atoms with E-state index in [0.29, 0.717) is 22.6 Å². The molecule has 0 aliphatic heterocycles. The summed E-state index contributed by atoms with van der Waals surface area (Å²) in [6, 6.07) is 12.0. The monoisotopic (exact) mass is 347 g/mol. The van der Waals surface area contributed by atoms with Crippen LogP contribution in [0.4, 0.5) is 5.69 Å². The Morgan fingerprint density at radius 2 is 1.76 bits per heavy atom. The fourth-order valence-corrected chi connectivity index (χ4v) is 2.26. The summed E-state index contributed by atoms with van der Waals surface area (Å²) in [4.78, 5) is 23.5. The summed E-state index contributed by atoms with van der Waals surface area (Å²) in [5.41, 5.74) is 1.68. The third kappa shape index (κ3) is 3.70. The number of carbonyl (C=O) groups is 2. The lowest BCUT2D eigenvalue weighted by Gasteiger charge is -2.09. The van der Waals surface area contributed by atoms with Gasteiger partial charge in [-0.25, -0.2) is 0 Å². The molecule has 0 radical (unpaired) electrons. The molecule has 2 aromatic carbocycles. The molecule has 21 heavy (non-hydrogen) atoms. The molecule has 1 N–H and O–H groups in total. The molecule has 0 atom stereocenters. The Morgan fingerprint density at radius 3 is 2.33 bits per heavy atom. The number of halogens is 1. The van der Waals surface area contributed by atoms with Crippen molar-refractivity contribution in [2.45, 2.75) is 6.92 Å². The van der Waals surface area contributed by atoms with Crippen LogP contribution in [-0.2, 0) is 4.79 Å². The van der Waals surface area contributed by atoms with Crippen molar-refractivity contribution in [2.75, 3.05) is 12.4 Å². The Bertz CT molecular complexity index is 680. The Morgan fingerprint density at radius 1 is 1.10 bits per heavy atom. The SMILES string of the molecule is COc1cc(Br)ccc1C(=O)c1ccc(NC(C)=O)cc1. The molecule has 0 aliphatic rings. The van der Waals surface area contributed by atoms with Crippen LogP contribution >= 0.6 is 15.9 Å². The van der Waals surface area contributed by atoms with Gasteiger partial charge < -0.3 is 10.1 Å². The number of amides is 1. The van der Waals surface area contributed by atoms with Crippen molar-refractivity contribution >= 4 is 33.3 Å². The van der Waals surface area contributed by atoms with E-state index in [-0.39, 0.29) is 11.7 Å². The van der Waals surface area contributed by atoms with Gasteiger partial charge in [-0.1, -0.05) is 15.9 Å². The third-order valence-corrected chi connectivity index (χ3v) is 3.37. The van der Waals surface area contributed by atoms with Crippen LogP contribution in [0.15, 0.2) is 46.9 Å². The predicted octanol–water partition coefficient (Wildman–Crippen LogP) is 3.65. The Balaban J connectivity index is 2.30. The second-order valence-corrected chi connectivity index (χ2v) is 5.35. The normalized spacial score (nSPS) is 10.0. The van der Waals surface area contributed by atoms with E-state index in [2.05, 4.69) is 21.2 Å². The van der Waals surface area contributed by atoms with E-state index in [1.165, 1.54) is 14.0 Å². The highest BCUT2D eigenvalue weighted by molar-refractivity contribution is 9.10. The average molecular weight is 348 g/mol. The largest absolute Gasteiger partial charge is 0.496 e. The summed E-state index contributed by atoms with van der Waals surface area (Å²) in [5.74, 6) is 0.234. The molecule has 1 amide bonds. The number of hydrogen-bond acceptors (Lipinski definition) is 3. The van der Waals surface area contributed by atoms with Crippen LogP contribution in [0, 0.1) is 0 Å². The summed E-state index contributed by atoms with van der Waals surface area (Å²) < 4.78 is 6.08. The van der Waals surface area contributed by atoms with E-state index in [4.69, 9.17) is 4.74 Å². The fourth-order valence-electron chi connectivity index (χ4n) is 1.92. The number of carbonyl (C=O) groups excluding carboxylic acids is 2. The van der Waals surface area contributed by atoms with Crippen molar-refractivity contribution < 1.29 is 14.3 Å². The van der Waals surface area contributed by atoms with Gasteiger partial charge in [-0.3, -0.25) is 9.59 Å². The molecule has 0 aromatic heterocycles.